The summed E-state index contributed by atoms with van der Waals surface area (Å²) in [6.07, 6.45) is 0. The predicted molar refractivity (Wildman–Crippen MR) is 121 cm³/mol. The van der Waals surface area contributed by atoms with Crippen LogP contribution >= 0.6 is 0 Å². The molecule has 0 atom stereocenters. The van der Waals surface area contributed by atoms with Gasteiger partial charge in [-0.25, -0.2) is 8.42 Å². The van der Waals surface area contributed by atoms with Crippen LogP contribution in [0.4, 0.5) is 11.4 Å². The first-order chi connectivity index (χ1) is 14.5. The first kappa shape index (κ1) is 22.3. The summed E-state index contributed by atoms with van der Waals surface area (Å²) >= 11 is 0. The third-order valence-electron chi connectivity index (χ3n) is 5.02. The van der Waals surface area contributed by atoms with Gasteiger partial charge in [-0.3, -0.25) is 14.3 Å². The third kappa shape index (κ3) is 4.69. The number of aromatic nitrogens is 1. The van der Waals surface area contributed by atoms with Gasteiger partial charge in [-0.2, -0.15) is 0 Å². The van der Waals surface area contributed by atoms with Crippen molar-refractivity contribution in [1.82, 2.24) is 4.98 Å². The van der Waals surface area contributed by atoms with Gasteiger partial charge in [0.25, 0.3) is 15.9 Å². The van der Waals surface area contributed by atoms with Gasteiger partial charge in [0, 0.05) is 22.6 Å². The fourth-order valence-corrected chi connectivity index (χ4v) is 4.91. The number of aromatic amines is 1. The van der Waals surface area contributed by atoms with Crippen LogP contribution in [0.3, 0.4) is 0 Å². The zero-order valence-electron chi connectivity index (χ0n) is 18.1. The van der Waals surface area contributed by atoms with Gasteiger partial charge in [-0.05, 0) is 75.6 Å². The van der Waals surface area contributed by atoms with E-state index in [0.717, 1.165) is 5.56 Å². The van der Waals surface area contributed by atoms with Crippen LogP contribution in [-0.2, 0) is 10.0 Å². The Balaban J connectivity index is 1.90. The van der Waals surface area contributed by atoms with E-state index in [2.05, 4.69) is 15.0 Å². The number of hydrogen-bond donors (Lipinski definition) is 3. The molecule has 3 N–H and O–H groups in total. The Hall–Kier alpha value is -3.39. The fraction of sp³-hybridized carbons (Fsp3) is 0.217. The molecule has 0 fully saturated rings. The van der Waals surface area contributed by atoms with Gasteiger partial charge in [-0.1, -0.05) is 18.2 Å². The van der Waals surface area contributed by atoms with Crippen molar-refractivity contribution in [3.63, 3.8) is 0 Å². The molecule has 1 heterocycles. The normalized spacial score (nSPS) is 11.3. The molecule has 3 rings (SSSR count). The number of H-pyrrole nitrogens is 1. The van der Waals surface area contributed by atoms with Crippen LogP contribution in [0.1, 0.15) is 50.2 Å². The molecule has 3 aromatic rings. The van der Waals surface area contributed by atoms with Crippen molar-refractivity contribution in [3.05, 3.63) is 76.1 Å². The van der Waals surface area contributed by atoms with Gasteiger partial charge in [0.2, 0.25) is 0 Å². The Morgan fingerprint density at radius 1 is 0.935 bits per heavy atom. The zero-order valence-corrected chi connectivity index (χ0v) is 18.9. The van der Waals surface area contributed by atoms with E-state index in [-0.39, 0.29) is 16.4 Å². The minimum atomic E-state index is -3.86. The van der Waals surface area contributed by atoms with Crippen LogP contribution in [0.15, 0.2) is 47.4 Å². The summed E-state index contributed by atoms with van der Waals surface area (Å²) in [6, 6.07) is 11.7. The first-order valence-electron chi connectivity index (χ1n) is 9.71. The number of amides is 1. The number of rotatable bonds is 6. The number of nitrogens with one attached hydrogen (secondary N) is 3. The Kier molecular flexibility index (Phi) is 6.03. The van der Waals surface area contributed by atoms with E-state index < -0.39 is 15.9 Å². The topological polar surface area (TPSA) is 108 Å². The highest BCUT2D eigenvalue weighted by Gasteiger charge is 2.22. The summed E-state index contributed by atoms with van der Waals surface area (Å²) in [6.45, 7) is 8.44. The molecule has 0 aliphatic carbocycles. The van der Waals surface area contributed by atoms with E-state index in [1.54, 1.807) is 51.1 Å². The molecular weight excluding hydrogens is 414 g/mol. The minimum Gasteiger partial charge on any atom is -0.354 e. The summed E-state index contributed by atoms with van der Waals surface area (Å²) in [5.41, 5.74) is 4.20. The second-order valence-electron chi connectivity index (χ2n) is 7.59. The van der Waals surface area contributed by atoms with E-state index in [1.807, 2.05) is 13.0 Å². The summed E-state index contributed by atoms with van der Waals surface area (Å²) in [4.78, 5) is 27.6. The molecule has 7 nitrogen and oxygen atoms in total. The molecule has 1 aromatic heterocycles. The smallest absolute Gasteiger partial charge is 0.272 e. The lowest BCUT2D eigenvalue weighted by molar-refractivity contribution is 0.101. The van der Waals surface area contributed by atoms with Gasteiger partial charge in [0.15, 0.2) is 5.78 Å². The van der Waals surface area contributed by atoms with Crippen molar-refractivity contribution in [2.45, 2.75) is 39.5 Å². The fourth-order valence-electron chi connectivity index (χ4n) is 3.58. The molecule has 1 amide bonds. The van der Waals surface area contributed by atoms with Crippen LogP contribution in [0.25, 0.3) is 0 Å². The molecule has 162 valence electrons. The maximum absolute atomic E-state index is 13.0. The quantitative estimate of drug-likeness (QED) is 0.491. The minimum absolute atomic E-state index is 0.0654. The summed E-state index contributed by atoms with van der Waals surface area (Å²) in [5, 5.41) is 2.72. The number of Topliss-reactive ketones (excluding diaryl/α,β-unsaturated/α-hetero) is 1. The van der Waals surface area contributed by atoms with E-state index in [4.69, 9.17) is 0 Å². The highest BCUT2D eigenvalue weighted by Crippen LogP contribution is 2.25. The van der Waals surface area contributed by atoms with Crippen molar-refractivity contribution in [3.8, 4) is 0 Å². The van der Waals surface area contributed by atoms with Gasteiger partial charge in [0.05, 0.1) is 4.90 Å². The van der Waals surface area contributed by atoms with Crippen LogP contribution in [0.2, 0.25) is 0 Å². The second kappa shape index (κ2) is 8.39. The Morgan fingerprint density at radius 3 is 2.26 bits per heavy atom. The number of carbonyl (C=O) groups is 2. The summed E-state index contributed by atoms with van der Waals surface area (Å²) in [5.74, 6) is -0.580. The first-order valence-corrected chi connectivity index (χ1v) is 11.2. The lowest BCUT2D eigenvalue weighted by atomic mass is 10.1. The highest BCUT2D eigenvalue weighted by molar-refractivity contribution is 7.92. The van der Waals surface area contributed by atoms with Crippen LogP contribution < -0.4 is 10.0 Å². The Morgan fingerprint density at radius 2 is 1.65 bits per heavy atom. The number of anilines is 2. The Bertz CT molecular complexity index is 1290. The van der Waals surface area contributed by atoms with Crippen molar-refractivity contribution in [1.29, 1.82) is 0 Å². The third-order valence-corrected chi connectivity index (χ3v) is 6.55. The van der Waals surface area contributed by atoms with Gasteiger partial charge in [0.1, 0.15) is 5.69 Å². The molecule has 0 aliphatic heterocycles. The molecule has 0 unspecified atom stereocenters. The lowest BCUT2D eigenvalue weighted by Crippen LogP contribution is -2.17. The summed E-state index contributed by atoms with van der Waals surface area (Å²) in [7, 11) is -3.86. The van der Waals surface area contributed by atoms with Crippen LogP contribution in [-0.4, -0.2) is 25.1 Å². The van der Waals surface area contributed by atoms with Crippen molar-refractivity contribution < 1.29 is 18.0 Å². The maximum atomic E-state index is 13.0. The van der Waals surface area contributed by atoms with Crippen LogP contribution in [0.5, 0.6) is 0 Å². The van der Waals surface area contributed by atoms with Crippen molar-refractivity contribution in [2.75, 3.05) is 10.0 Å². The van der Waals surface area contributed by atoms with Crippen molar-refractivity contribution in [2.24, 2.45) is 0 Å². The molecule has 0 bridgehead atoms. The highest BCUT2D eigenvalue weighted by atomic mass is 32.2. The zero-order chi connectivity index (χ0) is 22.9. The molecule has 0 aliphatic rings. The molecular formula is C23H25N3O4S. The Labute approximate surface area is 181 Å². The average molecular weight is 440 g/mol. The maximum Gasteiger partial charge on any atom is 0.272 e. The second-order valence-corrected chi connectivity index (χ2v) is 9.24. The molecule has 0 radical (unpaired) electrons. The monoisotopic (exact) mass is 439 g/mol. The summed E-state index contributed by atoms with van der Waals surface area (Å²) < 4.78 is 28.5. The molecule has 0 saturated carbocycles. The van der Waals surface area contributed by atoms with E-state index in [1.165, 1.54) is 13.0 Å². The number of aryl methyl sites for hydroxylation is 3. The van der Waals surface area contributed by atoms with E-state index >= 15 is 0 Å². The van der Waals surface area contributed by atoms with Crippen LogP contribution in [0, 0.1) is 27.7 Å². The van der Waals surface area contributed by atoms with E-state index in [9.17, 15) is 18.0 Å². The number of benzene rings is 2. The lowest BCUT2D eigenvalue weighted by Gasteiger charge is -2.13. The van der Waals surface area contributed by atoms with Gasteiger partial charge >= 0.3 is 0 Å². The SMILES string of the molecule is CC(=O)c1c(C)[nH]c(C(=O)Nc2ccc(C)c(S(=O)(=O)Nc3cccc(C)c3)c2)c1C. The number of ketones is 1. The molecule has 8 heteroatoms. The molecule has 0 spiro atoms. The van der Waals surface area contributed by atoms with E-state index in [0.29, 0.717) is 33.8 Å². The van der Waals surface area contributed by atoms with Crippen molar-refractivity contribution >= 4 is 33.1 Å². The average Bonchev–Trinajstić information content (AvgIpc) is 2.97. The standard InChI is InChI=1S/C23H25N3O4S/c1-13-7-6-8-19(11-13)26-31(29,30)20-12-18(10-9-14(20)2)25-23(28)22-15(3)21(17(5)27)16(4)24-22/h6-12,24,26H,1-5H3,(H,25,28). The molecule has 0 saturated heterocycles. The van der Waals surface area contributed by atoms with Gasteiger partial charge < -0.3 is 10.3 Å². The van der Waals surface area contributed by atoms with Gasteiger partial charge in [-0.15, -0.1) is 0 Å². The predicted octanol–water partition coefficient (Wildman–Crippen LogP) is 4.50. The molecule has 31 heavy (non-hydrogen) atoms. The molecule has 2 aromatic carbocycles. The number of carbonyl (C=O) groups excluding carboxylic acids is 2. The largest absolute Gasteiger partial charge is 0.354 e. The number of hydrogen-bond acceptors (Lipinski definition) is 4. The number of sulfonamides is 1.